The third-order valence-corrected chi connectivity index (χ3v) is 4.47. The van der Waals surface area contributed by atoms with Gasteiger partial charge in [0.15, 0.2) is 5.82 Å². The van der Waals surface area contributed by atoms with E-state index in [1.54, 1.807) is 22.9 Å². The lowest BCUT2D eigenvalue weighted by Crippen LogP contribution is -2.13. The van der Waals surface area contributed by atoms with Gasteiger partial charge in [0.25, 0.3) is 5.91 Å². The van der Waals surface area contributed by atoms with E-state index in [4.69, 9.17) is 28.3 Å². The van der Waals surface area contributed by atoms with E-state index in [0.29, 0.717) is 22.4 Å². The molecule has 2 heterocycles. The maximum Gasteiger partial charge on any atom is 0.325 e. The lowest BCUT2D eigenvalue weighted by atomic mass is 10.2. The normalized spacial score (nSPS) is 10.8. The number of amides is 1. The first kappa shape index (κ1) is 18.9. The van der Waals surface area contributed by atoms with Gasteiger partial charge in [0.05, 0.1) is 28.4 Å². The zero-order valence-corrected chi connectivity index (χ0v) is 15.7. The number of aromatic nitrogens is 4. The summed E-state index contributed by atoms with van der Waals surface area (Å²) in [6.07, 6.45) is 2.67. The molecule has 0 unspecified atom stereocenters. The summed E-state index contributed by atoms with van der Waals surface area (Å²) in [5.41, 5.74) is 2.01. The van der Waals surface area contributed by atoms with E-state index in [1.807, 2.05) is 13.0 Å². The molecule has 0 bridgehead atoms. The van der Waals surface area contributed by atoms with Gasteiger partial charge in [-0.3, -0.25) is 19.0 Å². The van der Waals surface area contributed by atoms with Gasteiger partial charge in [-0.05, 0) is 24.6 Å². The van der Waals surface area contributed by atoms with E-state index in [-0.39, 0.29) is 12.1 Å². The van der Waals surface area contributed by atoms with Crippen molar-refractivity contribution in [3.8, 4) is 0 Å². The number of carbonyl (C=O) groups excluding carboxylic acids is 1. The summed E-state index contributed by atoms with van der Waals surface area (Å²) in [6.45, 7) is 2.02. The van der Waals surface area contributed by atoms with E-state index in [1.165, 1.54) is 17.1 Å². The molecule has 1 aromatic carbocycles. The smallest absolute Gasteiger partial charge is 0.325 e. The van der Waals surface area contributed by atoms with Crippen LogP contribution in [0.25, 0.3) is 0 Å². The van der Waals surface area contributed by atoms with E-state index in [2.05, 4.69) is 15.5 Å². The van der Waals surface area contributed by atoms with Crippen molar-refractivity contribution in [1.82, 2.24) is 19.6 Å². The lowest BCUT2D eigenvalue weighted by Gasteiger charge is -2.06. The molecule has 0 aliphatic heterocycles. The summed E-state index contributed by atoms with van der Waals surface area (Å²) in [4.78, 5) is 23.0. The van der Waals surface area contributed by atoms with Crippen molar-refractivity contribution in [2.24, 2.45) is 0 Å². The highest BCUT2D eigenvalue weighted by molar-refractivity contribution is 6.42. The van der Waals surface area contributed by atoms with Gasteiger partial charge in [-0.25, -0.2) is 0 Å². The first-order chi connectivity index (χ1) is 12.8. The number of carboxylic acids is 1. The van der Waals surface area contributed by atoms with Crippen LogP contribution in [0.15, 0.2) is 36.7 Å². The van der Waals surface area contributed by atoms with Crippen molar-refractivity contribution in [3.05, 3.63) is 63.5 Å². The largest absolute Gasteiger partial charge is 0.480 e. The second-order valence-electron chi connectivity index (χ2n) is 5.85. The van der Waals surface area contributed by atoms with E-state index >= 15 is 0 Å². The molecule has 140 valence electrons. The summed E-state index contributed by atoms with van der Waals surface area (Å²) in [7, 11) is 0. The number of aryl methyl sites for hydroxylation is 1. The number of rotatable bonds is 6. The Kier molecular flexibility index (Phi) is 5.48. The molecule has 0 spiro atoms. The van der Waals surface area contributed by atoms with Gasteiger partial charge < -0.3 is 10.4 Å². The van der Waals surface area contributed by atoms with Crippen molar-refractivity contribution in [1.29, 1.82) is 0 Å². The van der Waals surface area contributed by atoms with Crippen LogP contribution in [0.2, 0.25) is 10.0 Å². The first-order valence-corrected chi connectivity index (χ1v) is 8.61. The minimum absolute atomic E-state index is 0.243. The zero-order chi connectivity index (χ0) is 19.6. The number of benzene rings is 1. The second kappa shape index (κ2) is 7.81. The summed E-state index contributed by atoms with van der Waals surface area (Å²) < 4.78 is 2.90. The van der Waals surface area contributed by atoms with Crippen LogP contribution in [0, 0.1) is 6.92 Å². The second-order valence-corrected chi connectivity index (χ2v) is 6.67. The van der Waals surface area contributed by atoms with Crippen LogP contribution >= 0.6 is 23.2 Å². The molecule has 0 fully saturated rings. The molecule has 3 aromatic rings. The van der Waals surface area contributed by atoms with Crippen LogP contribution in [-0.2, 0) is 17.9 Å². The number of hydrogen-bond acceptors (Lipinski definition) is 4. The molecule has 8 nitrogen and oxygen atoms in total. The Hall–Kier alpha value is -2.84. The number of hydrogen-bond donors (Lipinski definition) is 2. The van der Waals surface area contributed by atoms with Gasteiger partial charge in [-0.15, -0.1) is 0 Å². The average Bonchev–Trinajstić information content (AvgIpc) is 3.17. The van der Waals surface area contributed by atoms with Crippen LogP contribution in [-0.4, -0.2) is 36.5 Å². The quantitative estimate of drug-likeness (QED) is 0.653. The fourth-order valence-corrected chi connectivity index (χ4v) is 2.76. The zero-order valence-electron chi connectivity index (χ0n) is 14.2. The Morgan fingerprint density at radius 1 is 1.22 bits per heavy atom. The molecule has 0 saturated heterocycles. The lowest BCUT2D eigenvalue weighted by molar-refractivity contribution is -0.137. The number of carboxylic acid groups (broad SMARTS) is 1. The Morgan fingerprint density at radius 3 is 2.70 bits per heavy atom. The minimum Gasteiger partial charge on any atom is -0.480 e. The first-order valence-electron chi connectivity index (χ1n) is 7.86. The Morgan fingerprint density at radius 2 is 2.00 bits per heavy atom. The Labute approximate surface area is 164 Å². The van der Waals surface area contributed by atoms with Gasteiger partial charge in [0.2, 0.25) is 0 Å². The summed E-state index contributed by atoms with van der Waals surface area (Å²) in [6, 6.07) is 7.07. The van der Waals surface area contributed by atoms with Crippen molar-refractivity contribution >= 4 is 40.9 Å². The van der Waals surface area contributed by atoms with Gasteiger partial charge in [-0.1, -0.05) is 29.3 Å². The molecule has 2 N–H and O–H groups in total. The fraction of sp³-hybridized carbons (Fsp3) is 0.176. The van der Waals surface area contributed by atoms with Crippen LogP contribution in [0.1, 0.15) is 21.6 Å². The van der Waals surface area contributed by atoms with Crippen LogP contribution in [0.3, 0.4) is 0 Å². The third-order valence-electron chi connectivity index (χ3n) is 3.73. The maximum atomic E-state index is 12.3. The SMILES string of the molecule is Cc1cc(NC(=O)c2cnn(CC(=O)O)c2)nn1Cc1ccc(Cl)c(Cl)c1. The van der Waals surface area contributed by atoms with E-state index < -0.39 is 11.9 Å². The molecule has 1 amide bonds. The Balaban J connectivity index is 1.70. The topological polar surface area (TPSA) is 102 Å². The predicted octanol–water partition coefficient (Wildman–Crippen LogP) is 3.08. The fourth-order valence-electron chi connectivity index (χ4n) is 2.44. The van der Waals surface area contributed by atoms with Crippen molar-refractivity contribution in [3.63, 3.8) is 0 Å². The minimum atomic E-state index is -1.04. The van der Waals surface area contributed by atoms with Gasteiger partial charge >= 0.3 is 5.97 Å². The van der Waals surface area contributed by atoms with E-state index in [9.17, 15) is 9.59 Å². The van der Waals surface area contributed by atoms with Crippen molar-refractivity contribution in [2.45, 2.75) is 20.0 Å². The molecule has 0 saturated carbocycles. The highest BCUT2D eigenvalue weighted by atomic mass is 35.5. The number of nitrogens with one attached hydrogen (secondary N) is 1. The molecule has 0 aliphatic carbocycles. The standard InChI is InChI=1S/C17H15Cl2N5O3/c1-10-4-15(21-17(27)12-6-20-23(8-12)9-16(25)26)22-24(10)7-11-2-3-13(18)14(19)5-11/h2-6,8H,7,9H2,1H3,(H,25,26)(H,21,22,27). The average molecular weight is 408 g/mol. The molecular weight excluding hydrogens is 393 g/mol. The molecule has 0 aliphatic rings. The van der Waals surface area contributed by atoms with Gasteiger partial charge in [-0.2, -0.15) is 10.2 Å². The number of aliphatic carboxylic acids is 1. The summed E-state index contributed by atoms with van der Waals surface area (Å²) in [5.74, 6) is -1.09. The van der Waals surface area contributed by atoms with Gasteiger partial charge in [0.1, 0.15) is 6.54 Å². The monoisotopic (exact) mass is 407 g/mol. The summed E-state index contributed by atoms with van der Waals surface area (Å²) in [5, 5.41) is 20.6. The highest BCUT2D eigenvalue weighted by Crippen LogP contribution is 2.23. The van der Waals surface area contributed by atoms with Crippen LogP contribution in [0.4, 0.5) is 5.82 Å². The number of anilines is 1. The van der Waals surface area contributed by atoms with Crippen LogP contribution < -0.4 is 5.32 Å². The van der Waals surface area contributed by atoms with Crippen LogP contribution in [0.5, 0.6) is 0 Å². The number of nitrogens with zero attached hydrogens (tertiary/aromatic N) is 4. The Bertz CT molecular complexity index is 1010. The van der Waals surface area contributed by atoms with Crippen molar-refractivity contribution < 1.29 is 14.7 Å². The molecule has 0 radical (unpaired) electrons. The van der Waals surface area contributed by atoms with E-state index in [0.717, 1.165) is 11.3 Å². The third kappa shape index (κ3) is 4.66. The van der Waals surface area contributed by atoms with Crippen molar-refractivity contribution in [2.75, 3.05) is 5.32 Å². The number of carbonyl (C=O) groups is 2. The molecule has 3 rings (SSSR count). The predicted molar refractivity (Wildman–Crippen MR) is 100 cm³/mol. The molecule has 0 atom stereocenters. The number of halogens is 2. The maximum absolute atomic E-state index is 12.3. The molecule has 2 aromatic heterocycles. The molecular formula is C17H15Cl2N5O3. The molecule has 10 heteroatoms. The summed E-state index contributed by atoms with van der Waals surface area (Å²) >= 11 is 12.0. The highest BCUT2D eigenvalue weighted by Gasteiger charge is 2.13. The van der Waals surface area contributed by atoms with Gasteiger partial charge in [0, 0.05) is 18.0 Å². The molecule has 27 heavy (non-hydrogen) atoms.